The largest absolute Gasteiger partial charge is 0.481 e. The number of rotatable bonds is 38. The van der Waals surface area contributed by atoms with Crippen molar-refractivity contribution in [3.8, 4) is 0 Å². The first-order valence-electron chi connectivity index (χ1n) is 19.1. The average Bonchev–Trinajstić information content (AvgIpc) is 3.12. The third-order valence-electron chi connectivity index (χ3n) is 7.74. The molecule has 0 fully saturated rings. The molecule has 0 aromatic carbocycles. The molecular formula is C36H65N5O13. The van der Waals surface area contributed by atoms with Gasteiger partial charge >= 0.3 is 11.9 Å². The molecule has 0 rings (SSSR count). The van der Waals surface area contributed by atoms with Crippen LogP contribution in [-0.4, -0.2) is 137 Å². The molecule has 0 aliphatic rings. The summed E-state index contributed by atoms with van der Waals surface area (Å²) < 4.78 is 21.2. The monoisotopic (exact) mass is 775 g/mol. The van der Waals surface area contributed by atoms with Crippen molar-refractivity contribution in [3.05, 3.63) is 0 Å². The molecule has 0 heterocycles. The minimum absolute atomic E-state index is 0.0365. The lowest BCUT2D eigenvalue weighted by Crippen LogP contribution is -2.41. The van der Waals surface area contributed by atoms with E-state index in [1.54, 1.807) is 0 Å². The summed E-state index contributed by atoms with van der Waals surface area (Å²) in [6.45, 7) is 3.87. The number of amides is 5. The Kier molecular flexibility index (Phi) is 33.5. The van der Waals surface area contributed by atoms with Crippen LogP contribution < -0.4 is 26.6 Å². The molecule has 0 aliphatic heterocycles. The number of hydrogen-bond donors (Lipinski definition) is 7. The van der Waals surface area contributed by atoms with Crippen molar-refractivity contribution in [2.75, 3.05) is 79.0 Å². The summed E-state index contributed by atoms with van der Waals surface area (Å²) in [6.07, 6.45) is 10.6. The van der Waals surface area contributed by atoms with Crippen molar-refractivity contribution in [2.45, 2.75) is 109 Å². The molecule has 0 radical (unpaired) electrons. The van der Waals surface area contributed by atoms with Crippen LogP contribution in [0.5, 0.6) is 0 Å². The minimum atomic E-state index is -1.20. The first-order valence-corrected chi connectivity index (χ1v) is 19.1. The highest BCUT2D eigenvalue weighted by atomic mass is 16.5. The molecule has 7 N–H and O–H groups in total. The van der Waals surface area contributed by atoms with E-state index in [2.05, 4.69) is 26.6 Å². The van der Waals surface area contributed by atoms with Gasteiger partial charge in [0, 0.05) is 52.4 Å². The van der Waals surface area contributed by atoms with Gasteiger partial charge in [0.15, 0.2) is 0 Å². The highest BCUT2D eigenvalue weighted by molar-refractivity contribution is 5.84. The highest BCUT2D eigenvalue weighted by Gasteiger charge is 2.20. The van der Waals surface area contributed by atoms with Crippen LogP contribution in [0.4, 0.5) is 0 Å². The first-order chi connectivity index (χ1) is 26.0. The lowest BCUT2D eigenvalue weighted by atomic mass is 10.0. The molecule has 18 heteroatoms. The SMILES string of the molecule is CC(=O)NCCCNC(=O)COCCOCCNC(=O)COCCOCCNC(=O)CC[C@H](NC(=O)CCCCCCCCCCCCC(=O)O)C(=O)O. The Morgan fingerprint density at radius 3 is 1.41 bits per heavy atom. The first kappa shape index (κ1) is 50.1. The minimum Gasteiger partial charge on any atom is -0.481 e. The van der Waals surface area contributed by atoms with Gasteiger partial charge in [0.1, 0.15) is 19.3 Å². The fourth-order valence-corrected chi connectivity index (χ4v) is 4.84. The van der Waals surface area contributed by atoms with E-state index in [9.17, 15) is 38.7 Å². The second-order valence-electron chi connectivity index (χ2n) is 12.6. The number of carboxylic acid groups (broad SMARTS) is 2. The highest BCUT2D eigenvalue weighted by Crippen LogP contribution is 2.12. The van der Waals surface area contributed by atoms with Gasteiger partial charge in [-0.25, -0.2) is 4.79 Å². The third-order valence-corrected chi connectivity index (χ3v) is 7.74. The van der Waals surface area contributed by atoms with Crippen molar-refractivity contribution in [3.63, 3.8) is 0 Å². The van der Waals surface area contributed by atoms with Crippen molar-refractivity contribution in [1.29, 1.82) is 0 Å². The molecule has 0 spiro atoms. The number of carbonyl (C=O) groups is 7. The molecule has 0 saturated carbocycles. The van der Waals surface area contributed by atoms with Gasteiger partial charge in [-0.3, -0.25) is 28.8 Å². The zero-order chi connectivity index (χ0) is 40.1. The molecule has 0 unspecified atom stereocenters. The van der Waals surface area contributed by atoms with Gasteiger partial charge < -0.3 is 55.7 Å². The predicted molar refractivity (Wildman–Crippen MR) is 197 cm³/mol. The fraction of sp³-hybridized carbons (Fsp3) is 0.806. The van der Waals surface area contributed by atoms with E-state index in [-0.39, 0.29) is 121 Å². The van der Waals surface area contributed by atoms with Crippen LogP contribution in [-0.2, 0) is 52.5 Å². The molecule has 0 bridgehead atoms. The maximum atomic E-state index is 12.2. The van der Waals surface area contributed by atoms with E-state index in [0.29, 0.717) is 25.9 Å². The number of aliphatic carboxylic acids is 2. The zero-order valence-corrected chi connectivity index (χ0v) is 32.1. The van der Waals surface area contributed by atoms with Crippen LogP contribution >= 0.6 is 0 Å². The van der Waals surface area contributed by atoms with Crippen LogP contribution in [0.2, 0.25) is 0 Å². The van der Waals surface area contributed by atoms with E-state index in [0.717, 1.165) is 57.8 Å². The normalized spacial score (nSPS) is 11.4. The summed E-state index contributed by atoms with van der Waals surface area (Å²) in [5, 5.41) is 31.2. The summed E-state index contributed by atoms with van der Waals surface area (Å²) in [6, 6.07) is -1.15. The van der Waals surface area contributed by atoms with Gasteiger partial charge in [-0.05, 0) is 25.7 Å². The molecule has 0 aromatic heterocycles. The Labute approximate surface area is 318 Å². The maximum absolute atomic E-state index is 12.2. The van der Waals surface area contributed by atoms with Crippen LogP contribution in [0.15, 0.2) is 0 Å². The quantitative estimate of drug-likeness (QED) is 0.0434. The summed E-state index contributed by atoms with van der Waals surface area (Å²) in [5.41, 5.74) is 0. The number of carboxylic acids is 2. The van der Waals surface area contributed by atoms with Crippen LogP contribution in [0, 0.1) is 0 Å². The molecule has 0 aliphatic carbocycles. The van der Waals surface area contributed by atoms with Crippen molar-refractivity contribution in [2.24, 2.45) is 0 Å². The summed E-state index contributed by atoms with van der Waals surface area (Å²) in [5.74, 6) is -3.35. The van der Waals surface area contributed by atoms with Gasteiger partial charge in [-0.2, -0.15) is 0 Å². The third kappa shape index (κ3) is 36.5. The molecule has 0 saturated heterocycles. The van der Waals surface area contributed by atoms with Gasteiger partial charge in [0.2, 0.25) is 29.5 Å². The van der Waals surface area contributed by atoms with Crippen LogP contribution in [0.1, 0.15) is 103 Å². The van der Waals surface area contributed by atoms with E-state index in [1.807, 2.05) is 0 Å². The van der Waals surface area contributed by atoms with E-state index < -0.39 is 18.0 Å². The number of ether oxygens (including phenoxy) is 4. The van der Waals surface area contributed by atoms with Gasteiger partial charge in [-0.15, -0.1) is 0 Å². The molecule has 54 heavy (non-hydrogen) atoms. The Morgan fingerprint density at radius 2 is 0.907 bits per heavy atom. The maximum Gasteiger partial charge on any atom is 0.326 e. The number of nitrogens with one attached hydrogen (secondary N) is 5. The van der Waals surface area contributed by atoms with Crippen LogP contribution in [0.3, 0.4) is 0 Å². The molecule has 18 nitrogen and oxygen atoms in total. The standard InChI is InChI=1S/C36H65N5O13/c1-29(42)37-17-12-18-38-33(45)27-53-25-24-52-22-20-40-34(46)28-54-26-23-51-21-19-39-31(43)16-15-30(36(49)50)41-32(44)13-10-8-6-4-2-3-5-7-9-11-14-35(47)48/h30H,2-28H2,1H3,(H,37,42)(H,38,45)(H,39,43)(H,40,46)(H,41,44)(H,47,48)(H,49,50)/t30-/m0/s1. The van der Waals surface area contributed by atoms with Crippen molar-refractivity contribution >= 4 is 41.5 Å². The lowest BCUT2D eigenvalue weighted by Gasteiger charge is -2.14. The van der Waals surface area contributed by atoms with Crippen molar-refractivity contribution in [1.82, 2.24) is 26.6 Å². The Morgan fingerprint density at radius 1 is 0.463 bits per heavy atom. The van der Waals surface area contributed by atoms with Gasteiger partial charge in [-0.1, -0.05) is 51.4 Å². The average molecular weight is 776 g/mol. The summed E-state index contributed by atoms with van der Waals surface area (Å²) in [7, 11) is 0. The van der Waals surface area contributed by atoms with E-state index in [1.165, 1.54) is 6.92 Å². The molecule has 0 aromatic rings. The zero-order valence-electron chi connectivity index (χ0n) is 32.1. The second kappa shape index (κ2) is 36.1. The number of hydrogen-bond acceptors (Lipinski definition) is 11. The second-order valence-corrected chi connectivity index (χ2v) is 12.6. The molecule has 1 atom stereocenters. The lowest BCUT2D eigenvalue weighted by molar-refractivity contribution is -0.142. The topological polar surface area (TPSA) is 257 Å². The summed E-state index contributed by atoms with van der Waals surface area (Å²) >= 11 is 0. The van der Waals surface area contributed by atoms with E-state index >= 15 is 0 Å². The molecule has 5 amide bonds. The Balaban J connectivity index is 3.66. The van der Waals surface area contributed by atoms with Gasteiger partial charge in [0.25, 0.3) is 0 Å². The fourth-order valence-electron chi connectivity index (χ4n) is 4.84. The number of unbranched alkanes of at least 4 members (excludes halogenated alkanes) is 9. The van der Waals surface area contributed by atoms with Gasteiger partial charge in [0.05, 0.1) is 39.6 Å². The molecular weight excluding hydrogens is 710 g/mol. The molecule has 312 valence electrons. The number of carbonyl (C=O) groups excluding carboxylic acids is 5. The Hall–Kier alpha value is -3.87. The Bertz CT molecular complexity index is 1060. The predicted octanol–water partition coefficient (Wildman–Crippen LogP) is 1.04. The van der Waals surface area contributed by atoms with E-state index in [4.69, 9.17) is 24.1 Å². The summed E-state index contributed by atoms with van der Waals surface area (Å²) in [4.78, 5) is 80.7. The smallest absolute Gasteiger partial charge is 0.326 e. The van der Waals surface area contributed by atoms with Crippen LogP contribution in [0.25, 0.3) is 0 Å². The van der Waals surface area contributed by atoms with Crippen molar-refractivity contribution < 1.29 is 62.7 Å².